The van der Waals surface area contributed by atoms with Gasteiger partial charge in [-0.3, -0.25) is 10.1 Å². The number of ether oxygens (including phenoxy) is 1. The maximum Gasteiger partial charge on any atom is 0.241 e. The van der Waals surface area contributed by atoms with Gasteiger partial charge in [0.05, 0.1) is 18.8 Å². The van der Waals surface area contributed by atoms with E-state index in [0.29, 0.717) is 25.0 Å². The van der Waals surface area contributed by atoms with Gasteiger partial charge < -0.3 is 9.64 Å². The number of nitrogens with one attached hydrogen (secondary N) is 1. The average Bonchev–Trinajstić information content (AvgIpc) is 2.66. The first-order chi connectivity index (χ1) is 9.95. The first kappa shape index (κ1) is 18.4. The van der Waals surface area contributed by atoms with Crippen molar-refractivity contribution in [3.05, 3.63) is 0 Å². The first-order valence-electron chi connectivity index (χ1n) is 8.60. The number of carbonyl (C=O) groups is 1. The van der Waals surface area contributed by atoms with Crippen molar-refractivity contribution in [2.24, 2.45) is 11.8 Å². The Balaban J connectivity index is 2.44. The van der Waals surface area contributed by atoms with E-state index in [0.717, 1.165) is 32.3 Å². The number of hydrogen-bond acceptors (Lipinski definition) is 3. The molecular formula is C17H34N2O2. The fourth-order valence-corrected chi connectivity index (χ4v) is 2.73. The molecule has 4 nitrogen and oxygen atoms in total. The predicted octanol–water partition coefficient (Wildman–Crippen LogP) is 3.02. The second-order valence-corrected chi connectivity index (χ2v) is 6.98. The fraction of sp³-hybridized carbons (Fsp3) is 0.941. The molecule has 1 saturated heterocycles. The van der Waals surface area contributed by atoms with Crippen LogP contribution in [0.1, 0.15) is 60.3 Å². The van der Waals surface area contributed by atoms with Crippen molar-refractivity contribution in [2.75, 3.05) is 19.8 Å². The molecule has 0 aliphatic carbocycles. The monoisotopic (exact) mass is 298 g/mol. The summed E-state index contributed by atoms with van der Waals surface area (Å²) in [5, 5.41) is 3.50. The largest absolute Gasteiger partial charge is 0.380 e. The van der Waals surface area contributed by atoms with Crippen molar-refractivity contribution in [2.45, 2.75) is 72.5 Å². The summed E-state index contributed by atoms with van der Waals surface area (Å²) in [5.41, 5.74) is 0. The lowest BCUT2D eigenvalue weighted by atomic mass is 10.1. The highest BCUT2D eigenvalue weighted by Crippen LogP contribution is 2.19. The van der Waals surface area contributed by atoms with E-state index >= 15 is 0 Å². The molecule has 1 amide bonds. The van der Waals surface area contributed by atoms with Crippen LogP contribution in [0.25, 0.3) is 0 Å². The summed E-state index contributed by atoms with van der Waals surface area (Å²) in [6.45, 7) is 13.1. The molecule has 4 heteroatoms. The van der Waals surface area contributed by atoms with E-state index in [4.69, 9.17) is 4.74 Å². The van der Waals surface area contributed by atoms with Gasteiger partial charge in [-0.05, 0) is 31.1 Å². The maximum atomic E-state index is 12.5. The zero-order valence-corrected chi connectivity index (χ0v) is 14.5. The zero-order chi connectivity index (χ0) is 15.8. The Morgan fingerprint density at radius 2 is 1.90 bits per heavy atom. The normalized spacial score (nSPS) is 22.8. The predicted molar refractivity (Wildman–Crippen MR) is 87.1 cm³/mol. The summed E-state index contributed by atoms with van der Waals surface area (Å²) < 4.78 is 5.68. The number of hydrogen-bond donors (Lipinski definition) is 1. The fourth-order valence-electron chi connectivity index (χ4n) is 2.73. The van der Waals surface area contributed by atoms with Gasteiger partial charge in [0.25, 0.3) is 0 Å². The molecule has 1 aliphatic rings. The number of rotatable bonds is 10. The highest BCUT2D eigenvalue weighted by atomic mass is 16.5. The summed E-state index contributed by atoms with van der Waals surface area (Å²) in [4.78, 5) is 14.5. The van der Waals surface area contributed by atoms with Crippen LogP contribution in [-0.2, 0) is 9.53 Å². The lowest BCUT2D eigenvalue weighted by Crippen LogP contribution is -2.40. The van der Waals surface area contributed by atoms with Gasteiger partial charge in [0, 0.05) is 13.2 Å². The van der Waals surface area contributed by atoms with Crippen molar-refractivity contribution in [3.8, 4) is 0 Å². The minimum atomic E-state index is 0.00872. The summed E-state index contributed by atoms with van der Waals surface area (Å²) in [5.74, 6) is 1.51. The Morgan fingerprint density at radius 3 is 2.48 bits per heavy atom. The lowest BCUT2D eigenvalue weighted by Gasteiger charge is -2.25. The van der Waals surface area contributed by atoms with Crippen LogP contribution >= 0.6 is 0 Å². The lowest BCUT2D eigenvalue weighted by molar-refractivity contribution is -0.131. The second kappa shape index (κ2) is 9.42. The number of carbonyl (C=O) groups excluding carboxylic acids is 1. The first-order valence-corrected chi connectivity index (χ1v) is 8.60. The van der Waals surface area contributed by atoms with Crippen molar-refractivity contribution < 1.29 is 9.53 Å². The summed E-state index contributed by atoms with van der Waals surface area (Å²) >= 11 is 0. The Bertz CT molecular complexity index is 305. The maximum absolute atomic E-state index is 12.5. The molecule has 1 fully saturated rings. The Labute approximate surface area is 130 Å². The van der Waals surface area contributed by atoms with E-state index in [9.17, 15) is 4.79 Å². The van der Waals surface area contributed by atoms with E-state index in [1.165, 1.54) is 0 Å². The summed E-state index contributed by atoms with van der Waals surface area (Å²) in [7, 11) is 0. The standard InChI is InChI=1S/C17H34N2O2/c1-6-7-15-17(20)19(16(18-15)12-14(4)5)9-11-21-10-8-13(2)3/h13-16,18H,6-12H2,1-5H3. The molecular weight excluding hydrogens is 264 g/mol. The minimum absolute atomic E-state index is 0.00872. The van der Waals surface area contributed by atoms with Crippen molar-refractivity contribution in [1.82, 2.24) is 10.2 Å². The molecule has 124 valence electrons. The molecule has 1 N–H and O–H groups in total. The van der Waals surface area contributed by atoms with Gasteiger partial charge in [-0.2, -0.15) is 0 Å². The van der Waals surface area contributed by atoms with Crippen LogP contribution in [0, 0.1) is 11.8 Å². The molecule has 1 aliphatic heterocycles. The highest BCUT2D eigenvalue weighted by Gasteiger charge is 2.37. The summed E-state index contributed by atoms with van der Waals surface area (Å²) in [6, 6.07) is 0.00872. The van der Waals surface area contributed by atoms with Crippen molar-refractivity contribution in [3.63, 3.8) is 0 Å². The van der Waals surface area contributed by atoms with Crippen molar-refractivity contribution >= 4 is 5.91 Å². The SMILES string of the molecule is CCCC1NC(CC(C)C)N(CCOCCC(C)C)C1=O. The van der Waals surface area contributed by atoms with E-state index < -0.39 is 0 Å². The molecule has 21 heavy (non-hydrogen) atoms. The van der Waals surface area contributed by atoms with Gasteiger partial charge >= 0.3 is 0 Å². The van der Waals surface area contributed by atoms with E-state index in [2.05, 4.69) is 39.9 Å². The molecule has 0 bridgehead atoms. The number of amides is 1. The second-order valence-electron chi connectivity index (χ2n) is 6.98. The van der Waals surface area contributed by atoms with Crippen LogP contribution in [0.5, 0.6) is 0 Å². The zero-order valence-electron chi connectivity index (χ0n) is 14.5. The Kier molecular flexibility index (Phi) is 8.27. The molecule has 1 rings (SSSR count). The van der Waals surface area contributed by atoms with Crippen LogP contribution in [0.3, 0.4) is 0 Å². The van der Waals surface area contributed by atoms with E-state index in [1.807, 2.05) is 4.90 Å². The van der Waals surface area contributed by atoms with Gasteiger partial charge in [-0.15, -0.1) is 0 Å². The Morgan fingerprint density at radius 1 is 1.19 bits per heavy atom. The molecule has 0 saturated carbocycles. The topological polar surface area (TPSA) is 41.6 Å². The third-order valence-corrected chi connectivity index (χ3v) is 3.94. The van der Waals surface area contributed by atoms with Gasteiger partial charge in [0.2, 0.25) is 5.91 Å². The van der Waals surface area contributed by atoms with Gasteiger partial charge in [0.15, 0.2) is 0 Å². The molecule has 0 aromatic heterocycles. The van der Waals surface area contributed by atoms with Crippen LogP contribution in [-0.4, -0.2) is 42.8 Å². The van der Waals surface area contributed by atoms with Crippen molar-refractivity contribution in [1.29, 1.82) is 0 Å². The molecule has 1 heterocycles. The number of nitrogens with zero attached hydrogens (tertiary/aromatic N) is 1. The van der Waals surface area contributed by atoms with Crippen LogP contribution in [0.4, 0.5) is 0 Å². The minimum Gasteiger partial charge on any atom is -0.380 e. The third kappa shape index (κ3) is 6.35. The molecule has 2 unspecified atom stereocenters. The molecule has 0 radical (unpaired) electrons. The van der Waals surface area contributed by atoms with E-state index in [-0.39, 0.29) is 18.1 Å². The van der Waals surface area contributed by atoms with Gasteiger partial charge in [-0.25, -0.2) is 0 Å². The quantitative estimate of drug-likeness (QED) is 0.630. The third-order valence-electron chi connectivity index (χ3n) is 3.94. The smallest absolute Gasteiger partial charge is 0.241 e. The Hall–Kier alpha value is -0.610. The molecule has 0 aromatic rings. The van der Waals surface area contributed by atoms with E-state index in [1.54, 1.807) is 0 Å². The molecule has 0 spiro atoms. The van der Waals surface area contributed by atoms with Gasteiger partial charge in [-0.1, -0.05) is 41.0 Å². The van der Waals surface area contributed by atoms with Crippen LogP contribution in [0.15, 0.2) is 0 Å². The highest BCUT2D eigenvalue weighted by molar-refractivity contribution is 5.84. The van der Waals surface area contributed by atoms with Gasteiger partial charge in [0.1, 0.15) is 0 Å². The molecule has 2 atom stereocenters. The molecule has 0 aromatic carbocycles. The average molecular weight is 298 g/mol. The van der Waals surface area contributed by atoms with Crippen LogP contribution in [0.2, 0.25) is 0 Å². The van der Waals surface area contributed by atoms with Crippen LogP contribution < -0.4 is 5.32 Å². The summed E-state index contributed by atoms with van der Waals surface area (Å²) in [6.07, 6.45) is 4.25.